The third kappa shape index (κ3) is 5.88. The summed E-state index contributed by atoms with van der Waals surface area (Å²) >= 11 is 0. The van der Waals surface area contributed by atoms with Crippen molar-refractivity contribution in [2.45, 2.75) is 13.2 Å². The first-order valence-corrected chi connectivity index (χ1v) is 2.60. The summed E-state index contributed by atoms with van der Waals surface area (Å²) < 4.78 is 0.331. The molecular formula is C5H14NO2+. The van der Waals surface area contributed by atoms with E-state index in [1.165, 1.54) is 0 Å². The highest BCUT2D eigenvalue weighted by Gasteiger charge is 2.10. The SMILES string of the molecule is CC(O)O[N+](C)(C)C. The van der Waals surface area contributed by atoms with Gasteiger partial charge in [0, 0.05) is 0 Å². The molecule has 3 heteroatoms. The molecule has 1 unspecified atom stereocenters. The average molecular weight is 120 g/mol. The summed E-state index contributed by atoms with van der Waals surface area (Å²) in [6.07, 6.45) is -0.685. The average Bonchev–Trinajstić information content (AvgIpc) is 1.21. The second-order valence-corrected chi connectivity index (χ2v) is 2.59. The van der Waals surface area contributed by atoms with Crippen molar-refractivity contribution in [2.24, 2.45) is 0 Å². The zero-order valence-corrected chi connectivity index (χ0v) is 5.88. The number of nitrogens with zero attached hydrogens (tertiary/aromatic N) is 1. The highest BCUT2D eigenvalue weighted by molar-refractivity contribution is 4.09. The van der Waals surface area contributed by atoms with Crippen LogP contribution in [0.1, 0.15) is 6.92 Å². The molecule has 0 aliphatic rings. The molecule has 0 aromatic rings. The van der Waals surface area contributed by atoms with E-state index in [1.807, 2.05) is 21.1 Å². The maximum Gasteiger partial charge on any atom is 0.210 e. The minimum atomic E-state index is -0.685. The van der Waals surface area contributed by atoms with Crippen LogP contribution in [0.5, 0.6) is 0 Å². The van der Waals surface area contributed by atoms with Crippen LogP contribution in [0.3, 0.4) is 0 Å². The van der Waals surface area contributed by atoms with Gasteiger partial charge in [0.05, 0.1) is 21.1 Å². The Labute approximate surface area is 50.0 Å². The quantitative estimate of drug-likeness (QED) is 0.315. The summed E-state index contributed by atoms with van der Waals surface area (Å²) in [5.74, 6) is 0. The lowest BCUT2D eigenvalue weighted by molar-refractivity contribution is -1.07. The Kier molecular flexibility index (Phi) is 2.40. The zero-order valence-electron chi connectivity index (χ0n) is 5.88. The molecule has 0 amide bonds. The molecule has 0 aliphatic heterocycles. The lowest BCUT2D eigenvalue weighted by atomic mass is 10.8. The molecule has 0 radical (unpaired) electrons. The van der Waals surface area contributed by atoms with Gasteiger partial charge in [-0.2, -0.15) is 9.48 Å². The molecule has 1 N–H and O–H groups in total. The molecule has 0 spiro atoms. The van der Waals surface area contributed by atoms with E-state index in [1.54, 1.807) is 6.92 Å². The van der Waals surface area contributed by atoms with Crippen LogP contribution >= 0.6 is 0 Å². The van der Waals surface area contributed by atoms with E-state index in [0.717, 1.165) is 0 Å². The maximum absolute atomic E-state index is 8.65. The fourth-order valence-electron chi connectivity index (χ4n) is 0.458. The van der Waals surface area contributed by atoms with E-state index in [0.29, 0.717) is 4.65 Å². The molecule has 0 saturated heterocycles. The van der Waals surface area contributed by atoms with Gasteiger partial charge >= 0.3 is 0 Å². The molecule has 0 heterocycles. The van der Waals surface area contributed by atoms with E-state index in [4.69, 9.17) is 9.94 Å². The van der Waals surface area contributed by atoms with Crippen molar-refractivity contribution < 1.29 is 14.6 Å². The second kappa shape index (κ2) is 2.44. The van der Waals surface area contributed by atoms with Gasteiger partial charge in [-0.15, -0.1) is 0 Å². The van der Waals surface area contributed by atoms with Crippen molar-refractivity contribution in [1.82, 2.24) is 0 Å². The van der Waals surface area contributed by atoms with Crippen molar-refractivity contribution in [1.29, 1.82) is 0 Å². The highest BCUT2D eigenvalue weighted by Crippen LogP contribution is 1.95. The lowest BCUT2D eigenvalue weighted by Crippen LogP contribution is -2.37. The molecule has 0 aliphatic carbocycles. The Morgan fingerprint density at radius 3 is 1.75 bits per heavy atom. The molecule has 3 nitrogen and oxygen atoms in total. The van der Waals surface area contributed by atoms with E-state index >= 15 is 0 Å². The van der Waals surface area contributed by atoms with E-state index in [-0.39, 0.29) is 0 Å². The number of hydrogen-bond donors (Lipinski definition) is 1. The van der Waals surface area contributed by atoms with Gasteiger partial charge in [0.15, 0.2) is 0 Å². The van der Waals surface area contributed by atoms with Crippen molar-refractivity contribution in [2.75, 3.05) is 21.1 Å². The van der Waals surface area contributed by atoms with Crippen LogP contribution in [0.4, 0.5) is 0 Å². The van der Waals surface area contributed by atoms with E-state index in [9.17, 15) is 0 Å². The fourth-order valence-corrected chi connectivity index (χ4v) is 0.458. The molecule has 0 bridgehead atoms. The van der Waals surface area contributed by atoms with Crippen molar-refractivity contribution >= 4 is 0 Å². The largest absolute Gasteiger partial charge is 0.364 e. The van der Waals surface area contributed by atoms with Crippen molar-refractivity contribution in [3.63, 3.8) is 0 Å². The highest BCUT2D eigenvalue weighted by atomic mass is 16.8. The maximum atomic E-state index is 8.65. The first kappa shape index (κ1) is 7.88. The summed E-state index contributed by atoms with van der Waals surface area (Å²) in [5, 5.41) is 8.65. The minimum absolute atomic E-state index is 0.331. The van der Waals surface area contributed by atoms with Crippen LogP contribution in [0, 0.1) is 0 Å². The first-order valence-electron chi connectivity index (χ1n) is 2.60. The van der Waals surface area contributed by atoms with Crippen LogP contribution in [0.15, 0.2) is 0 Å². The van der Waals surface area contributed by atoms with E-state index in [2.05, 4.69) is 0 Å². The van der Waals surface area contributed by atoms with Crippen LogP contribution in [-0.2, 0) is 4.84 Å². The molecule has 0 saturated carbocycles. The van der Waals surface area contributed by atoms with Gasteiger partial charge in [0.1, 0.15) is 0 Å². The number of aliphatic hydroxyl groups is 1. The minimum Gasteiger partial charge on any atom is -0.364 e. The van der Waals surface area contributed by atoms with Crippen LogP contribution in [0.25, 0.3) is 0 Å². The molecule has 50 valence electrons. The summed E-state index contributed by atoms with van der Waals surface area (Å²) in [6.45, 7) is 1.59. The predicted molar refractivity (Wildman–Crippen MR) is 30.8 cm³/mol. The summed E-state index contributed by atoms with van der Waals surface area (Å²) in [7, 11) is 5.52. The Balaban J connectivity index is 3.39. The Hall–Kier alpha value is -0.120. The summed E-state index contributed by atoms with van der Waals surface area (Å²) in [4.78, 5) is 4.93. The predicted octanol–water partition coefficient (Wildman–Crippen LogP) is -0.0375. The molecule has 8 heavy (non-hydrogen) atoms. The summed E-state index contributed by atoms with van der Waals surface area (Å²) in [5.41, 5.74) is 0. The smallest absolute Gasteiger partial charge is 0.210 e. The third-order valence-electron chi connectivity index (χ3n) is 0.469. The molecule has 0 fully saturated rings. The van der Waals surface area contributed by atoms with Gasteiger partial charge in [0.25, 0.3) is 0 Å². The topological polar surface area (TPSA) is 29.5 Å². The Bertz CT molecular complexity index is 65.3. The summed E-state index contributed by atoms with van der Waals surface area (Å²) in [6, 6.07) is 0. The number of hydrogen-bond acceptors (Lipinski definition) is 2. The Morgan fingerprint density at radius 1 is 1.38 bits per heavy atom. The van der Waals surface area contributed by atoms with Gasteiger partial charge in [0.2, 0.25) is 6.29 Å². The molecule has 0 aromatic heterocycles. The van der Waals surface area contributed by atoms with Crippen molar-refractivity contribution in [3.8, 4) is 0 Å². The van der Waals surface area contributed by atoms with Gasteiger partial charge in [-0.1, -0.05) is 0 Å². The standard InChI is InChI=1S/C5H14NO2/c1-5(7)8-6(2,3)4/h5,7H,1-4H3/q+1. The number of quaternary nitrogens is 1. The molecular weight excluding hydrogens is 106 g/mol. The monoisotopic (exact) mass is 120 g/mol. The number of aliphatic hydroxyl groups excluding tert-OH is 1. The van der Waals surface area contributed by atoms with Crippen molar-refractivity contribution in [3.05, 3.63) is 0 Å². The van der Waals surface area contributed by atoms with Gasteiger partial charge < -0.3 is 5.11 Å². The van der Waals surface area contributed by atoms with Gasteiger partial charge in [-0.05, 0) is 6.92 Å². The Morgan fingerprint density at radius 2 is 1.75 bits per heavy atom. The lowest BCUT2D eigenvalue weighted by Gasteiger charge is -2.22. The zero-order chi connectivity index (χ0) is 6.78. The molecule has 0 aromatic carbocycles. The third-order valence-corrected chi connectivity index (χ3v) is 0.469. The molecule has 0 rings (SSSR count). The van der Waals surface area contributed by atoms with Crippen LogP contribution in [-0.4, -0.2) is 37.2 Å². The number of hydroxylamine groups is 3. The first-order chi connectivity index (χ1) is 3.42. The second-order valence-electron chi connectivity index (χ2n) is 2.59. The van der Waals surface area contributed by atoms with Gasteiger partial charge in [-0.25, -0.2) is 0 Å². The fraction of sp³-hybridized carbons (Fsp3) is 1.00. The van der Waals surface area contributed by atoms with Crippen LogP contribution in [0.2, 0.25) is 0 Å². The number of rotatable bonds is 2. The van der Waals surface area contributed by atoms with Crippen LogP contribution < -0.4 is 0 Å². The van der Waals surface area contributed by atoms with Gasteiger partial charge in [-0.3, -0.25) is 0 Å². The molecule has 1 atom stereocenters. The van der Waals surface area contributed by atoms with E-state index < -0.39 is 6.29 Å². The normalized spacial score (nSPS) is 16.1.